The fourth-order valence-electron chi connectivity index (χ4n) is 4.08. The maximum absolute atomic E-state index is 4.43. The molecule has 2 aliphatic rings. The standard InChI is InChI=1S/C19H26N4/c1-23-18(21-22-19(23)15-9-5-10-15)13-20-17-12-6-11-16(17)14-7-3-2-4-8-14/h2-4,7-8,15-17,20H,5-6,9-13H2,1H3/t16-,17+/m1/s1. The zero-order valence-electron chi connectivity index (χ0n) is 13.9. The number of hydrogen-bond donors (Lipinski definition) is 1. The van der Waals surface area contributed by atoms with Gasteiger partial charge in [-0.2, -0.15) is 0 Å². The lowest BCUT2D eigenvalue weighted by Gasteiger charge is -2.24. The first kappa shape index (κ1) is 14.9. The van der Waals surface area contributed by atoms with Crippen LogP contribution in [0, 0.1) is 0 Å². The van der Waals surface area contributed by atoms with Crippen LogP contribution in [0.15, 0.2) is 30.3 Å². The molecular formula is C19H26N4. The van der Waals surface area contributed by atoms with E-state index in [2.05, 4.69) is 57.5 Å². The minimum Gasteiger partial charge on any atom is -0.317 e. The van der Waals surface area contributed by atoms with Crippen LogP contribution in [0.2, 0.25) is 0 Å². The van der Waals surface area contributed by atoms with Gasteiger partial charge >= 0.3 is 0 Å². The summed E-state index contributed by atoms with van der Waals surface area (Å²) in [5.41, 5.74) is 1.47. The second kappa shape index (κ2) is 6.44. The fourth-order valence-corrected chi connectivity index (χ4v) is 4.08. The van der Waals surface area contributed by atoms with Gasteiger partial charge in [-0.1, -0.05) is 43.2 Å². The summed E-state index contributed by atoms with van der Waals surface area (Å²) in [6, 6.07) is 11.5. The Morgan fingerprint density at radius 1 is 1.04 bits per heavy atom. The molecule has 122 valence electrons. The van der Waals surface area contributed by atoms with E-state index in [4.69, 9.17) is 0 Å². The van der Waals surface area contributed by atoms with E-state index in [0.29, 0.717) is 17.9 Å². The average Bonchev–Trinajstić information content (AvgIpc) is 3.13. The topological polar surface area (TPSA) is 42.7 Å². The molecule has 1 heterocycles. The molecule has 4 nitrogen and oxygen atoms in total. The van der Waals surface area contributed by atoms with Crippen LogP contribution in [-0.2, 0) is 13.6 Å². The molecular weight excluding hydrogens is 284 g/mol. The number of benzene rings is 1. The molecule has 0 unspecified atom stereocenters. The summed E-state index contributed by atoms with van der Waals surface area (Å²) in [4.78, 5) is 0. The third-order valence-corrected chi connectivity index (χ3v) is 5.74. The molecule has 4 heteroatoms. The minimum atomic E-state index is 0.557. The van der Waals surface area contributed by atoms with Crippen molar-refractivity contribution in [1.82, 2.24) is 20.1 Å². The van der Waals surface area contributed by atoms with Crippen LogP contribution in [0.3, 0.4) is 0 Å². The largest absolute Gasteiger partial charge is 0.317 e. The first-order chi connectivity index (χ1) is 11.3. The van der Waals surface area contributed by atoms with Gasteiger partial charge in [0.1, 0.15) is 11.6 Å². The van der Waals surface area contributed by atoms with E-state index in [1.165, 1.54) is 49.9 Å². The molecule has 0 radical (unpaired) electrons. The number of hydrogen-bond acceptors (Lipinski definition) is 3. The summed E-state index contributed by atoms with van der Waals surface area (Å²) in [6.07, 6.45) is 7.74. The number of nitrogens with one attached hydrogen (secondary N) is 1. The van der Waals surface area contributed by atoms with Gasteiger partial charge in [-0.05, 0) is 37.2 Å². The molecule has 2 aromatic rings. The normalized spacial score (nSPS) is 24.7. The molecule has 0 aliphatic heterocycles. The third kappa shape index (κ3) is 2.92. The molecule has 2 aliphatic carbocycles. The Balaban J connectivity index is 1.41. The van der Waals surface area contributed by atoms with E-state index in [1.807, 2.05) is 0 Å². The molecule has 2 fully saturated rings. The van der Waals surface area contributed by atoms with E-state index < -0.39 is 0 Å². The van der Waals surface area contributed by atoms with Gasteiger partial charge in [0, 0.05) is 19.0 Å². The summed E-state index contributed by atoms with van der Waals surface area (Å²) >= 11 is 0. The zero-order valence-corrected chi connectivity index (χ0v) is 13.9. The lowest BCUT2D eigenvalue weighted by Crippen LogP contribution is -2.31. The van der Waals surface area contributed by atoms with Crippen molar-refractivity contribution in [2.24, 2.45) is 7.05 Å². The average molecular weight is 310 g/mol. The molecule has 0 bridgehead atoms. The predicted octanol–water partition coefficient (Wildman–Crippen LogP) is 3.51. The van der Waals surface area contributed by atoms with Crippen LogP contribution >= 0.6 is 0 Å². The van der Waals surface area contributed by atoms with Gasteiger partial charge in [-0.15, -0.1) is 10.2 Å². The van der Waals surface area contributed by atoms with E-state index in [1.54, 1.807) is 0 Å². The van der Waals surface area contributed by atoms with Crippen molar-refractivity contribution in [3.05, 3.63) is 47.5 Å². The van der Waals surface area contributed by atoms with Crippen molar-refractivity contribution in [1.29, 1.82) is 0 Å². The number of rotatable bonds is 5. The second-order valence-electron chi connectivity index (χ2n) is 7.10. The Bertz CT molecular complexity index is 645. The summed E-state index contributed by atoms with van der Waals surface area (Å²) in [5.74, 6) is 3.53. The highest BCUT2D eigenvalue weighted by Crippen LogP contribution is 2.36. The first-order valence-electron chi connectivity index (χ1n) is 8.99. The summed E-state index contributed by atoms with van der Waals surface area (Å²) in [7, 11) is 2.12. The van der Waals surface area contributed by atoms with Crippen LogP contribution in [0.1, 0.15) is 67.6 Å². The molecule has 0 saturated heterocycles. The second-order valence-corrected chi connectivity index (χ2v) is 7.10. The molecule has 23 heavy (non-hydrogen) atoms. The first-order valence-corrected chi connectivity index (χ1v) is 8.99. The SMILES string of the molecule is Cn1c(CN[C@H]2CCC[C@@H]2c2ccccc2)nnc1C1CCC1. The van der Waals surface area contributed by atoms with E-state index in [9.17, 15) is 0 Å². The maximum atomic E-state index is 4.43. The summed E-state index contributed by atoms with van der Waals surface area (Å²) < 4.78 is 2.21. The van der Waals surface area contributed by atoms with E-state index in [-0.39, 0.29) is 0 Å². The smallest absolute Gasteiger partial charge is 0.146 e. The van der Waals surface area contributed by atoms with Crippen molar-refractivity contribution in [3.63, 3.8) is 0 Å². The maximum Gasteiger partial charge on any atom is 0.146 e. The molecule has 0 amide bonds. The van der Waals surface area contributed by atoms with Gasteiger partial charge in [0.25, 0.3) is 0 Å². The predicted molar refractivity (Wildman–Crippen MR) is 91.3 cm³/mol. The molecule has 1 N–H and O–H groups in total. The monoisotopic (exact) mass is 310 g/mol. The fraction of sp³-hybridized carbons (Fsp3) is 0.579. The molecule has 2 saturated carbocycles. The Labute approximate surface area is 138 Å². The van der Waals surface area contributed by atoms with E-state index in [0.717, 1.165) is 12.4 Å². The minimum absolute atomic E-state index is 0.557. The van der Waals surface area contributed by atoms with Gasteiger partial charge in [0.15, 0.2) is 0 Å². The van der Waals surface area contributed by atoms with Crippen molar-refractivity contribution in [2.45, 2.75) is 62.9 Å². The van der Waals surface area contributed by atoms with E-state index >= 15 is 0 Å². The molecule has 4 rings (SSSR count). The Hall–Kier alpha value is -1.68. The van der Waals surface area contributed by atoms with Gasteiger partial charge < -0.3 is 9.88 Å². The number of nitrogens with zero attached hydrogens (tertiary/aromatic N) is 3. The number of aromatic nitrogens is 3. The summed E-state index contributed by atoms with van der Waals surface area (Å²) in [5, 5.41) is 12.6. The lowest BCUT2D eigenvalue weighted by molar-refractivity contribution is 0.390. The summed E-state index contributed by atoms with van der Waals surface area (Å²) in [6.45, 7) is 0.824. The van der Waals surface area contributed by atoms with Crippen molar-refractivity contribution < 1.29 is 0 Å². The van der Waals surface area contributed by atoms with Gasteiger partial charge in [0.05, 0.1) is 6.54 Å². The molecule has 1 aromatic heterocycles. The Kier molecular flexibility index (Phi) is 4.17. The molecule has 2 atom stereocenters. The van der Waals surface area contributed by atoms with Crippen LogP contribution in [0.25, 0.3) is 0 Å². The third-order valence-electron chi connectivity index (χ3n) is 5.74. The van der Waals surface area contributed by atoms with Crippen LogP contribution in [0.5, 0.6) is 0 Å². The van der Waals surface area contributed by atoms with Crippen LogP contribution in [-0.4, -0.2) is 20.8 Å². The van der Waals surface area contributed by atoms with Crippen molar-refractivity contribution >= 4 is 0 Å². The zero-order chi connectivity index (χ0) is 15.6. The van der Waals surface area contributed by atoms with Crippen molar-refractivity contribution in [2.75, 3.05) is 0 Å². The van der Waals surface area contributed by atoms with Crippen molar-refractivity contribution in [3.8, 4) is 0 Å². The Morgan fingerprint density at radius 3 is 2.57 bits per heavy atom. The van der Waals surface area contributed by atoms with Crippen LogP contribution in [0.4, 0.5) is 0 Å². The highest BCUT2D eigenvalue weighted by Gasteiger charge is 2.29. The lowest BCUT2D eigenvalue weighted by atomic mass is 9.85. The van der Waals surface area contributed by atoms with Gasteiger partial charge in [0.2, 0.25) is 0 Å². The highest BCUT2D eigenvalue weighted by atomic mass is 15.3. The highest BCUT2D eigenvalue weighted by molar-refractivity contribution is 5.22. The van der Waals surface area contributed by atoms with Crippen LogP contribution < -0.4 is 5.32 Å². The quantitative estimate of drug-likeness (QED) is 0.919. The Morgan fingerprint density at radius 2 is 1.83 bits per heavy atom. The van der Waals surface area contributed by atoms with Gasteiger partial charge in [-0.25, -0.2) is 0 Å². The molecule has 0 spiro atoms. The molecule has 1 aromatic carbocycles. The van der Waals surface area contributed by atoms with Gasteiger partial charge in [-0.3, -0.25) is 0 Å².